The Bertz CT molecular complexity index is 1040. The molecule has 0 unspecified atom stereocenters. The molecule has 0 spiro atoms. The molecule has 0 atom stereocenters. The van der Waals surface area contributed by atoms with Crippen LogP contribution in [0.4, 0.5) is 5.00 Å². The smallest absolute Gasteiger partial charge is 0.302 e. The lowest BCUT2D eigenvalue weighted by Gasteiger charge is -2.27. The van der Waals surface area contributed by atoms with Crippen molar-refractivity contribution in [3.05, 3.63) is 58.0 Å². The van der Waals surface area contributed by atoms with Crippen LogP contribution in [0.3, 0.4) is 0 Å². The summed E-state index contributed by atoms with van der Waals surface area (Å²) < 4.78 is 4.87. The van der Waals surface area contributed by atoms with Gasteiger partial charge in [-0.1, -0.05) is 30.3 Å². The number of nitriles is 1. The fourth-order valence-corrected chi connectivity index (χ4v) is 4.53. The van der Waals surface area contributed by atoms with E-state index in [2.05, 4.69) is 11.4 Å². The molecule has 1 aromatic carbocycles. The standard InChI is InChI=1S/C23H23N3O4S/c1-16(27)30-13-5-8-22(29)26-12-11-18-19(14-24)23(31-20(18)15-26)25-21(28)10-9-17-6-3-2-4-7-17/h2-4,6-7,9-10H,5,8,11-13,15H2,1H3,(H,25,28). The number of anilines is 1. The zero-order chi connectivity index (χ0) is 22.2. The third kappa shape index (κ3) is 6.03. The van der Waals surface area contributed by atoms with Crippen LogP contribution in [-0.4, -0.2) is 35.8 Å². The maximum absolute atomic E-state index is 12.5. The molecule has 3 rings (SSSR count). The molecule has 0 radical (unpaired) electrons. The monoisotopic (exact) mass is 437 g/mol. The van der Waals surface area contributed by atoms with Gasteiger partial charge in [0.05, 0.1) is 18.7 Å². The van der Waals surface area contributed by atoms with Gasteiger partial charge in [0.15, 0.2) is 0 Å². The minimum atomic E-state index is -0.356. The van der Waals surface area contributed by atoms with Crippen LogP contribution < -0.4 is 5.32 Å². The van der Waals surface area contributed by atoms with Crippen LogP contribution in [0.25, 0.3) is 6.08 Å². The zero-order valence-electron chi connectivity index (χ0n) is 17.2. The molecule has 0 saturated heterocycles. The van der Waals surface area contributed by atoms with Gasteiger partial charge in [0.2, 0.25) is 11.8 Å². The molecule has 1 N–H and O–H groups in total. The number of thiophene rings is 1. The van der Waals surface area contributed by atoms with Crippen LogP contribution in [0.2, 0.25) is 0 Å². The summed E-state index contributed by atoms with van der Waals surface area (Å²) in [4.78, 5) is 38.3. The largest absolute Gasteiger partial charge is 0.466 e. The van der Waals surface area contributed by atoms with Crippen LogP contribution in [0.5, 0.6) is 0 Å². The van der Waals surface area contributed by atoms with E-state index in [0.29, 0.717) is 42.9 Å². The van der Waals surface area contributed by atoms with Crippen molar-refractivity contribution in [1.82, 2.24) is 4.90 Å². The number of carbonyl (C=O) groups excluding carboxylic acids is 3. The molecule has 160 valence electrons. The van der Waals surface area contributed by atoms with Crippen molar-refractivity contribution in [2.75, 3.05) is 18.5 Å². The Morgan fingerprint density at radius 3 is 2.77 bits per heavy atom. The first kappa shape index (κ1) is 22.2. The Morgan fingerprint density at radius 2 is 2.06 bits per heavy atom. The van der Waals surface area contributed by atoms with Gasteiger partial charge in [-0.25, -0.2) is 0 Å². The Hall–Kier alpha value is -3.44. The lowest BCUT2D eigenvalue weighted by atomic mass is 10.0. The number of ether oxygens (including phenoxy) is 1. The summed E-state index contributed by atoms with van der Waals surface area (Å²) in [7, 11) is 0. The van der Waals surface area contributed by atoms with Crippen molar-refractivity contribution in [3.63, 3.8) is 0 Å². The van der Waals surface area contributed by atoms with Crippen LogP contribution in [0.1, 0.15) is 41.3 Å². The number of fused-ring (bicyclic) bond motifs is 1. The van der Waals surface area contributed by atoms with Gasteiger partial charge in [-0.15, -0.1) is 11.3 Å². The maximum Gasteiger partial charge on any atom is 0.302 e. The minimum absolute atomic E-state index is 0.0129. The van der Waals surface area contributed by atoms with Crippen molar-refractivity contribution in [3.8, 4) is 6.07 Å². The van der Waals surface area contributed by atoms with Crippen molar-refractivity contribution in [2.24, 2.45) is 0 Å². The SMILES string of the molecule is CC(=O)OCCCC(=O)N1CCc2c(sc(NC(=O)C=Cc3ccccc3)c2C#N)C1. The molecule has 1 aliphatic heterocycles. The Kier molecular flexibility index (Phi) is 7.57. The first-order valence-electron chi connectivity index (χ1n) is 9.98. The topological polar surface area (TPSA) is 99.5 Å². The summed E-state index contributed by atoms with van der Waals surface area (Å²) in [6.45, 7) is 2.50. The molecule has 2 aromatic rings. The number of esters is 1. The number of amides is 2. The highest BCUT2D eigenvalue weighted by atomic mass is 32.1. The van der Waals surface area contributed by atoms with Crippen molar-refractivity contribution in [2.45, 2.75) is 32.7 Å². The van der Waals surface area contributed by atoms with Crippen molar-refractivity contribution in [1.29, 1.82) is 5.26 Å². The molecule has 2 amide bonds. The zero-order valence-corrected chi connectivity index (χ0v) is 18.0. The van der Waals surface area contributed by atoms with Gasteiger partial charge >= 0.3 is 5.97 Å². The van der Waals surface area contributed by atoms with Gasteiger partial charge in [0.25, 0.3) is 0 Å². The van der Waals surface area contributed by atoms with E-state index in [1.807, 2.05) is 30.3 Å². The molecule has 0 fully saturated rings. The summed E-state index contributed by atoms with van der Waals surface area (Å²) in [6.07, 6.45) is 4.50. The highest BCUT2D eigenvalue weighted by molar-refractivity contribution is 7.16. The number of nitrogens with zero attached hydrogens (tertiary/aromatic N) is 2. The van der Waals surface area contributed by atoms with Gasteiger partial charge in [0, 0.05) is 30.8 Å². The Balaban J connectivity index is 1.62. The van der Waals surface area contributed by atoms with Gasteiger partial charge in [-0.2, -0.15) is 5.26 Å². The third-order valence-corrected chi connectivity index (χ3v) is 5.96. The molecule has 0 saturated carbocycles. The van der Waals surface area contributed by atoms with Crippen LogP contribution >= 0.6 is 11.3 Å². The Morgan fingerprint density at radius 1 is 1.29 bits per heavy atom. The van der Waals surface area contributed by atoms with E-state index in [1.165, 1.54) is 24.3 Å². The number of nitrogens with one attached hydrogen (secondary N) is 1. The van der Waals surface area contributed by atoms with Crippen molar-refractivity contribution >= 4 is 40.2 Å². The highest BCUT2D eigenvalue weighted by Crippen LogP contribution is 2.36. The molecule has 1 aliphatic rings. The Labute approximate surface area is 184 Å². The predicted molar refractivity (Wildman–Crippen MR) is 118 cm³/mol. The number of benzene rings is 1. The fourth-order valence-electron chi connectivity index (χ4n) is 3.31. The van der Waals surface area contributed by atoms with E-state index in [9.17, 15) is 19.6 Å². The summed E-state index contributed by atoms with van der Waals surface area (Å²) in [6, 6.07) is 11.7. The fraction of sp³-hybridized carbons (Fsp3) is 0.304. The van der Waals surface area contributed by atoms with Gasteiger partial charge < -0.3 is 15.0 Å². The molecule has 1 aromatic heterocycles. The average molecular weight is 438 g/mol. The van der Waals surface area contributed by atoms with Crippen LogP contribution in [0.15, 0.2) is 36.4 Å². The van der Waals surface area contributed by atoms with E-state index >= 15 is 0 Å². The third-order valence-electron chi connectivity index (χ3n) is 4.83. The maximum atomic E-state index is 12.5. The van der Waals surface area contributed by atoms with Crippen LogP contribution in [-0.2, 0) is 32.1 Å². The minimum Gasteiger partial charge on any atom is -0.466 e. The second kappa shape index (κ2) is 10.5. The molecule has 8 heteroatoms. The summed E-state index contributed by atoms with van der Waals surface area (Å²) in [5, 5.41) is 12.9. The lowest BCUT2D eigenvalue weighted by molar-refractivity contribution is -0.142. The number of carbonyl (C=O) groups is 3. The van der Waals surface area contributed by atoms with Crippen molar-refractivity contribution < 1.29 is 19.1 Å². The molecule has 0 aliphatic carbocycles. The summed E-state index contributed by atoms with van der Waals surface area (Å²) in [5.41, 5.74) is 2.29. The van der Waals surface area contributed by atoms with Gasteiger partial charge in [0.1, 0.15) is 11.1 Å². The van der Waals surface area contributed by atoms with Gasteiger partial charge in [-0.3, -0.25) is 14.4 Å². The normalized spacial score (nSPS) is 12.8. The summed E-state index contributed by atoms with van der Waals surface area (Å²) >= 11 is 1.34. The second-order valence-corrected chi connectivity index (χ2v) is 8.17. The van der Waals surface area contributed by atoms with E-state index < -0.39 is 0 Å². The molecule has 31 heavy (non-hydrogen) atoms. The van der Waals surface area contributed by atoms with Gasteiger partial charge in [-0.05, 0) is 30.0 Å². The predicted octanol–water partition coefficient (Wildman–Crippen LogP) is 3.50. The van der Waals surface area contributed by atoms with E-state index in [0.717, 1.165) is 16.0 Å². The number of hydrogen-bond donors (Lipinski definition) is 1. The van der Waals surface area contributed by atoms with E-state index in [1.54, 1.807) is 11.0 Å². The summed E-state index contributed by atoms with van der Waals surface area (Å²) in [5.74, 6) is -0.677. The number of rotatable bonds is 7. The van der Waals surface area contributed by atoms with E-state index in [4.69, 9.17) is 4.74 Å². The lowest BCUT2D eigenvalue weighted by Crippen LogP contribution is -2.35. The first-order valence-corrected chi connectivity index (χ1v) is 10.8. The molecular weight excluding hydrogens is 414 g/mol. The average Bonchev–Trinajstić information content (AvgIpc) is 3.11. The molecule has 7 nitrogen and oxygen atoms in total. The first-order chi connectivity index (χ1) is 15.0. The van der Waals surface area contributed by atoms with Crippen LogP contribution in [0, 0.1) is 11.3 Å². The second-order valence-electron chi connectivity index (χ2n) is 7.06. The quantitative estimate of drug-likeness (QED) is 0.406. The number of hydrogen-bond acceptors (Lipinski definition) is 6. The molecule has 2 heterocycles. The highest BCUT2D eigenvalue weighted by Gasteiger charge is 2.27. The molecular formula is C23H23N3O4S. The van der Waals surface area contributed by atoms with E-state index in [-0.39, 0.29) is 24.4 Å². The molecule has 0 bridgehead atoms.